The van der Waals surface area contributed by atoms with Crippen molar-refractivity contribution in [3.8, 4) is 0 Å². The molecule has 0 aliphatic rings. The standard InChI is InChI=1S/C9H14NS.Y/c1-6(2)8-5-10-11-9(8)7(3)4;/h6-7H,1-4H3;/q-1;. The van der Waals surface area contributed by atoms with E-state index in [0.717, 1.165) is 0 Å². The Bertz CT molecular complexity index is 208. The molecular weight excluding hydrogens is 243 g/mol. The van der Waals surface area contributed by atoms with Gasteiger partial charge in [0, 0.05) is 32.7 Å². The number of nitrogens with zero attached hydrogens (tertiary/aromatic N) is 1. The molecule has 0 aromatic carbocycles. The summed E-state index contributed by atoms with van der Waals surface area (Å²) in [5, 5.41) is 0. The van der Waals surface area contributed by atoms with Gasteiger partial charge in [-0.25, -0.2) is 0 Å². The van der Waals surface area contributed by atoms with E-state index in [0.29, 0.717) is 11.8 Å². The largest absolute Gasteiger partial charge is 0.324 e. The molecule has 0 N–H and O–H groups in total. The van der Waals surface area contributed by atoms with E-state index >= 15 is 0 Å². The molecule has 1 aromatic rings. The molecule has 0 saturated carbocycles. The molecule has 1 nitrogen and oxygen atoms in total. The Labute approximate surface area is 104 Å². The van der Waals surface area contributed by atoms with Crippen LogP contribution < -0.4 is 0 Å². The van der Waals surface area contributed by atoms with Gasteiger partial charge in [0.2, 0.25) is 0 Å². The van der Waals surface area contributed by atoms with Gasteiger partial charge in [-0.2, -0.15) is 17.1 Å². The van der Waals surface area contributed by atoms with E-state index in [2.05, 4.69) is 38.3 Å². The van der Waals surface area contributed by atoms with Crippen LogP contribution in [-0.2, 0) is 32.7 Å². The molecule has 0 fully saturated rings. The van der Waals surface area contributed by atoms with E-state index in [9.17, 15) is 0 Å². The van der Waals surface area contributed by atoms with E-state index in [1.54, 1.807) is 11.5 Å². The Morgan fingerprint density at radius 2 is 1.75 bits per heavy atom. The van der Waals surface area contributed by atoms with Gasteiger partial charge in [0.15, 0.2) is 0 Å². The van der Waals surface area contributed by atoms with Gasteiger partial charge < -0.3 is 4.37 Å². The predicted molar refractivity (Wildman–Crippen MR) is 49.1 cm³/mol. The average Bonchev–Trinajstić information content (AvgIpc) is 2.32. The minimum absolute atomic E-state index is 0. The summed E-state index contributed by atoms with van der Waals surface area (Å²) in [6.07, 6.45) is 3.06. The van der Waals surface area contributed by atoms with Crippen molar-refractivity contribution in [1.82, 2.24) is 4.37 Å². The summed E-state index contributed by atoms with van der Waals surface area (Å²) in [4.78, 5) is 1.39. The minimum atomic E-state index is 0. The van der Waals surface area contributed by atoms with Crippen molar-refractivity contribution in [2.45, 2.75) is 39.5 Å². The van der Waals surface area contributed by atoms with Crippen LogP contribution in [0, 0.1) is 6.20 Å². The second kappa shape index (κ2) is 5.46. The quantitative estimate of drug-likeness (QED) is 0.741. The van der Waals surface area contributed by atoms with Crippen LogP contribution in [0.3, 0.4) is 0 Å². The number of rotatable bonds is 2. The zero-order valence-corrected chi connectivity index (χ0v) is 11.7. The Kier molecular flexibility index (Phi) is 5.80. The Hall–Kier alpha value is 0.734. The second-order valence-electron chi connectivity index (χ2n) is 3.38. The van der Waals surface area contributed by atoms with Crippen molar-refractivity contribution in [1.29, 1.82) is 0 Å². The number of aromatic nitrogens is 1. The van der Waals surface area contributed by atoms with Gasteiger partial charge in [-0.15, -0.1) is 11.1 Å². The third kappa shape index (κ3) is 2.90. The molecule has 0 saturated heterocycles. The molecule has 3 heteroatoms. The summed E-state index contributed by atoms with van der Waals surface area (Å²) in [6, 6.07) is 0. The first-order valence-electron chi connectivity index (χ1n) is 4.00. The maximum absolute atomic E-state index is 4.08. The fourth-order valence-electron chi connectivity index (χ4n) is 1.06. The smallest absolute Gasteiger partial charge is 0 e. The van der Waals surface area contributed by atoms with Gasteiger partial charge in [0.1, 0.15) is 0 Å². The van der Waals surface area contributed by atoms with E-state index in [1.165, 1.54) is 10.4 Å². The number of hydrogen-bond acceptors (Lipinski definition) is 2. The first-order chi connectivity index (χ1) is 5.13. The normalized spacial score (nSPS) is 10.5. The Morgan fingerprint density at radius 3 is 2.08 bits per heavy atom. The molecule has 0 bridgehead atoms. The first kappa shape index (κ1) is 12.7. The molecule has 0 amide bonds. The molecule has 1 heterocycles. The first-order valence-corrected chi connectivity index (χ1v) is 4.77. The Balaban J connectivity index is 0.00000121. The van der Waals surface area contributed by atoms with Crippen LogP contribution in [-0.4, -0.2) is 4.37 Å². The molecule has 0 unspecified atom stereocenters. The van der Waals surface area contributed by atoms with E-state index in [-0.39, 0.29) is 32.7 Å². The molecule has 12 heavy (non-hydrogen) atoms. The minimum Gasteiger partial charge on any atom is -0.324 e. The second-order valence-corrected chi connectivity index (χ2v) is 4.19. The zero-order valence-electron chi connectivity index (χ0n) is 8.09. The van der Waals surface area contributed by atoms with Crippen LogP contribution in [0.25, 0.3) is 0 Å². The average molecular weight is 257 g/mol. The maximum atomic E-state index is 4.08. The fraction of sp³-hybridized carbons (Fsp3) is 0.667. The zero-order chi connectivity index (χ0) is 8.43. The van der Waals surface area contributed by atoms with Crippen LogP contribution >= 0.6 is 11.5 Å². The third-order valence-corrected chi connectivity index (χ3v) is 2.75. The van der Waals surface area contributed by atoms with Gasteiger partial charge in [0.05, 0.1) is 0 Å². The van der Waals surface area contributed by atoms with Gasteiger partial charge in [-0.05, 0) is 0 Å². The van der Waals surface area contributed by atoms with Gasteiger partial charge in [-0.3, -0.25) is 0 Å². The molecule has 0 aliphatic heterocycles. The van der Waals surface area contributed by atoms with E-state index in [4.69, 9.17) is 0 Å². The maximum Gasteiger partial charge on any atom is 0 e. The monoisotopic (exact) mass is 257 g/mol. The van der Waals surface area contributed by atoms with Crippen LogP contribution in [0.4, 0.5) is 0 Å². The van der Waals surface area contributed by atoms with Crippen molar-refractivity contribution < 1.29 is 32.7 Å². The summed E-state index contributed by atoms with van der Waals surface area (Å²) in [5.41, 5.74) is 1.30. The van der Waals surface area contributed by atoms with Crippen LogP contribution in [0.5, 0.6) is 0 Å². The third-order valence-electron chi connectivity index (χ3n) is 1.68. The predicted octanol–water partition coefficient (Wildman–Crippen LogP) is 3.19. The SMILES string of the molecule is CC(C)c1[c-]nsc1C(C)C.[Y]. The topological polar surface area (TPSA) is 12.9 Å². The molecule has 1 aromatic heterocycles. The van der Waals surface area contributed by atoms with Crippen LogP contribution in [0.15, 0.2) is 0 Å². The summed E-state index contributed by atoms with van der Waals surface area (Å²) < 4.78 is 4.08. The number of hydrogen-bond donors (Lipinski definition) is 0. The fourth-order valence-corrected chi connectivity index (χ4v) is 1.89. The summed E-state index contributed by atoms with van der Waals surface area (Å²) in [5.74, 6) is 1.15. The van der Waals surface area contributed by atoms with E-state index in [1.807, 2.05) is 0 Å². The molecule has 0 aliphatic carbocycles. The van der Waals surface area contributed by atoms with Crippen molar-refractivity contribution in [3.63, 3.8) is 0 Å². The van der Waals surface area contributed by atoms with Crippen molar-refractivity contribution >= 4 is 11.5 Å². The van der Waals surface area contributed by atoms with Gasteiger partial charge in [-0.1, -0.05) is 39.5 Å². The Morgan fingerprint density at radius 1 is 1.17 bits per heavy atom. The molecule has 1 rings (SSSR count). The van der Waals surface area contributed by atoms with Gasteiger partial charge >= 0.3 is 0 Å². The molecule has 65 valence electrons. The molecular formula is C9H14NSY-. The van der Waals surface area contributed by atoms with Crippen molar-refractivity contribution in [3.05, 3.63) is 16.6 Å². The van der Waals surface area contributed by atoms with Gasteiger partial charge in [0.25, 0.3) is 0 Å². The molecule has 0 spiro atoms. The molecule has 1 radical (unpaired) electrons. The molecule has 0 atom stereocenters. The summed E-state index contributed by atoms with van der Waals surface area (Å²) in [7, 11) is 0. The summed E-state index contributed by atoms with van der Waals surface area (Å²) >= 11 is 1.58. The summed E-state index contributed by atoms with van der Waals surface area (Å²) in [6.45, 7) is 8.78. The van der Waals surface area contributed by atoms with Crippen LogP contribution in [0.1, 0.15) is 50.0 Å². The van der Waals surface area contributed by atoms with Crippen LogP contribution in [0.2, 0.25) is 0 Å². The van der Waals surface area contributed by atoms with E-state index < -0.39 is 0 Å². The van der Waals surface area contributed by atoms with Crippen molar-refractivity contribution in [2.75, 3.05) is 0 Å². The van der Waals surface area contributed by atoms with Crippen molar-refractivity contribution in [2.24, 2.45) is 0 Å².